The van der Waals surface area contributed by atoms with Gasteiger partial charge >= 0.3 is 0 Å². The van der Waals surface area contributed by atoms with Crippen molar-refractivity contribution in [2.45, 2.75) is 32.7 Å². The zero-order valence-corrected chi connectivity index (χ0v) is 12.9. The first-order chi connectivity index (χ1) is 9.80. The number of likely N-dealkylation sites (N-methyl/N-ethyl adjacent to an activating group) is 2. The fourth-order valence-corrected chi connectivity index (χ4v) is 2.82. The zero-order valence-electron chi connectivity index (χ0n) is 12.9. The Morgan fingerprint density at radius 2 is 1.80 bits per heavy atom. The van der Waals surface area contributed by atoms with E-state index in [1.165, 1.54) is 29.3 Å². The summed E-state index contributed by atoms with van der Waals surface area (Å²) in [6.45, 7) is 6.59. The minimum Gasteiger partial charge on any atom is -0.370 e. The van der Waals surface area contributed by atoms with Gasteiger partial charge in [-0.1, -0.05) is 49.7 Å². The monoisotopic (exact) mass is 270 g/mol. The van der Waals surface area contributed by atoms with Crippen LogP contribution in [-0.2, 0) is 0 Å². The Bertz CT molecular complexity index is 530. The summed E-state index contributed by atoms with van der Waals surface area (Å²) in [6.07, 6.45) is 2.44. The van der Waals surface area contributed by atoms with Gasteiger partial charge in [0.05, 0.1) is 0 Å². The molecular weight excluding hydrogens is 244 g/mol. The van der Waals surface area contributed by atoms with E-state index in [1.54, 1.807) is 0 Å². The third-order valence-corrected chi connectivity index (χ3v) is 3.98. The van der Waals surface area contributed by atoms with Crippen LogP contribution in [0.1, 0.15) is 26.7 Å². The van der Waals surface area contributed by atoms with Crippen molar-refractivity contribution in [3.8, 4) is 0 Å². The van der Waals surface area contributed by atoms with Gasteiger partial charge in [0, 0.05) is 30.2 Å². The zero-order chi connectivity index (χ0) is 14.4. The molecule has 0 aliphatic rings. The maximum atomic E-state index is 3.44. The van der Waals surface area contributed by atoms with E-state index in [9.17, 15) is 0 Å². The van der Waals surface area contributed by atoms with Crippen molar-refractivity contribution in [3.05, 3.63) is 42.5 Å². The Kier molecular flexibility index (Phi) is 5.42. The molecule has 0 aromatic heterocycles. The molecule has 0 saturated carbocycles. The van der Waals surface area contributed by atoms with Crippen molar-refractivity contribution in [1.29, 1.82) is 0 Å². The molecule has 2 aromatic carbocycles. The molecule has 0 heterocycles. The Hall–Kier alpha value is -1.54. The molecule has 0 bridgehead atoms. The molecule has 0 saturated heterocycles. The normalized spacial score (nSPS) is 12.6. The van der Waals surface area contributed by atoms with Gasteiger partial charge in [-0.15, -0.1) is 0 Å². The van der Waals surface area contributed by atoms with E-state index in [2.05, 4.69) is 73.6 Å². The molecule has 2 aromatic rings. The third kappa shape index (κ3) is 3.31. The van der Waals surface area contributed by atoms with Crippen molar-refractivity contribution in [1.82, 2.24) is 5.32 Å². The highest BCUT2D eigenvalue weighted by molar-refractivity contribution is 5.94. The van der Waals surface area contributed by atoms with Crippen LogP contribution < -0.4 is 10.2 Å². The van der Waals surface area contributed by atoms with Crippen LogP contribution in [0.5, 0.6) is 0 Å². The number of rotatable bonds is 7. The smallest absolute Gasteiger partial charge is 0.0446 e. The molecule has 2 heteroatoms. The van der Waals surface area contributed by atoms with E-state index in [1.807, 2.05) is 0 Å². The molecule has 20 heavy (non-hydrogen) atoms. The minimum absolute atomic E-state index is 0.555. The number of benzene rings is 2. The Morgan fingerprint density at radius 1 is 1.05 bits per heavy atom. The molecular formula is C18H26N2. The van der Waals surface area contributed by atoms with Crippen molar-refractivity contribution >= 4 is 16.5 Å². The summed E-state index contributed by atoms with van der Waals surface area (Å²) in [4.78, 5) is 2.49. The number of hydrogen-bond acceptors (Lipinski definition) is 2. The van der Waals surface area contributed by atoms with Crippen molar-refractivity contribution < 1.29 is 0 Å². The largest absolute Gasteiger partial charge is 0.370 e. The van der Waals surface area contributed by atoms with Crippen LogP contribution in [0.25, 0.3) is 10.8 Å². The standard InChI is InChI=1S/C18H26N2/c1-4-9-16(19-3)14-20(5-2)18-13-8-11-15-10-6-7-12-17(15)18/h6-8,10-13,16,19H,4-5,9,14H2,1-3H3. The van der Waals surface area contributed by atoms with Gasteiger partial charge in [0.1, 0.15) is 0 Å². The molecule has 2 nitrogen and oxygen atoms in total. The first-order valence-corrected chi connectivity index (χ1v) is 7.70. The Balaban J connectivity index is 2.29. The van der Waals surface area contributed by atoms with E-state index in [-0.39, 0.29) is 0 Å². The Labute approximate surface area is 122 Å². The lowest BCUT2D eigenvalue weighted by molar-refractivity contribution is 0.509. The molecule has 0 amide bonds. The molecule has 0 radical (unpaired) electrons. The van der Waals surface area contributed by atoms with Gasteiger partial charge in [-0.2, -0.15) is 0 Å². The van der Waals surface area contributed by atoms with Crippen LogP contribution in [-0.4, -0.2) is 26.2 Å². The minimum atomic E-state index is 0.555. The lowest BCUT2D eigenvalue weighted by Crippen LogP contribution is -2.39. The highest BCUT2D eigenvalue weighted by atomic mass is 15.1. The first kappa shape index (κ1) is 14.9. The second-order valence-corrected chi connectivity index (χ2v) is 5.31. The first-order valence-electron chi connectivity index (χ1n) is 7.70. The molecule has 0 spiro atoms. The average molecular weight is 270 g/mol. The predicted octanol–water partition coefficient (Wildman–Crippen LogP) is 4.05. The fourth-order valence-electron chi connectivity index (χ4n) is 2.82. The molecule has 108 valence electrons. The summed E-state index contributed by atoms with van der Waals surface area (Å²) in [6, 6.07) is 15.8. The van der Waals surface area contributed by atoms with E-state index >= 15 is 0 Å². The van der Waals surface area contributed by atoms with Crippen molar-refractivity contribution in [2.75, 3.05) is 25.0 Å². The molecule has 0 aliphatic heterocycles. The van der Waals surface area contributed by atoms with E-state index in [0.717, 1.165) is 13.1 Å². The summed E-state index contributed by atoms with van der Waals surface area (Å²) in [5.74, 6) is 0. The van der Waals surface area contributed by atoms with Crippen LogP contribution in [0.4, 0.5) is 5.69 Å². The third-order valence-electron chi connectivity index (χ3n) is 3.98. The molecule has 1 atom stereocenters. The van der Waals surface area contributed by atoms with Gasteiger partial charge in [0.15, 0.2) is 0 Å². The second-order valence-electron chi connectivity index (χ2n) is 5.31. The van der Waals surface area contributed by atoms with E-state index in [4.69, 9.17) is 0 Å². The summed E-state index contributed by atoms with van der Waals surface area (Å²) in [7, 11) is 2.07. The fraction of sp³-hybridized carbons (Fsp3) is 0.444. The van der Waals surface area contributed by atoms with Gasteiger partial charge in [0.2, 0.25) is 0 Å². The van der Waals surface area contributed by atoms with E-state index in [0.29, 0.717) is 6.04 Å². The Morgan fingerprint density at radius 3 is 2.50 bits per heavy atom. The van der Waals surface area contributed by atoms with Crippen LogP contribution in [0.15, 0.2) is 42.5 Å². The van der Waals surface area contributed by atoms with Gasteiger partial charge in [-0.3, -0.25) is 0 Å². The van der Waals surface area contributed by atoms with Gasteiger partial charge < -0.3 is 10.2 Å². The van der Waals surface area contributed by atoms with E-state index < -0.39 is 0 Å². The SMILES string of the molecule is CCCC(CN(CC)c1cccc2ccccc12)NC. The molecule has 0 fully saturated rings. The summed E-state index contributed by atoms with van der Waals surface area (Å²) in [5, 5.41) is 6.11. The quantitative estimate of drug-likeness (QED) is 0.816. The topological polar surface area (TPSA) is 15.3 Å². The van der Waals surface area contributed by atoms with Gasteiger partial charge in [-0.05, 0) is 31.8 Å². The lowest BCUT2D eigenvalue weighted by atomic mass is 10.1. The summed E-state index contributed by atoms with van der Waals surface area (Å²) in [5.41, 5.74) is 1.35. The lowest BCUT2D eigenvalue weighted by Gasteiger charge is -2.29. The average Bonchev–Trinajstić information content (AvgIpc) is 2.51. The highest BCUT2D eigenvalue weighted by Crippen LogP contribution is 2.26. The van der Waals surface area contributed by atoms with Crippen LogP contribution in [0.2, 0.25) is 0 Å². The molecule has 1 unspecified atom stereocenters. The van der Waals surface area contributed by atoms with Crippen LogP contribution >= 0.6 is 0 Å². The second kappa shape index (κ2) is 7.30. The van der Waals surface area contributed by atoms with Crippen LogP contribution in [0.3, 0.4) is 0 Å². The summed E-state index contributed by atoms with van der Waals surface area (Å²) >= 11 is 0. The molecule has 0 aliphatic carbocycles. The summed E-state index contributed by atoms with van der Waals surface area (Å²) < 4.78 is 0. The van der Waals surface area contributed by atoms with Crippen molar-refractivity contribution in [3.63, 3.8) is 0 Å². The number of hydrogen-bond donors (Lipinski definition) is 1. The van der Waals surface area contributed by atoms with Crippen molar-refractivity contribution in [2.24, 2.45) is 0 Å². The number of nitrogens with zero attached hydrogens (tertiary/aromatic N) is 1. The molecule has 2 rings (SSSR count). The van der Waals surface area contributed by atoms with Crippen LogP contribution in [0, 0.1) is 0 Å². The van der Waals surface area contributed by atoms with Gasteiger partial charge in [-0.25, -0.2) is 0 Å². The number of anilines is 1. The van der Waals surface area contributed by atoms with Gasteiger partial charge in [0.25, 0.3) is 0 Å². The highest BCUT2D eigenvalue weighted by Gasteiger charge is 2.13. The number of fused-ring (bicyclic) bond motifs is 1. The maximum Gasteiger partial charge on any atom is 0.0446 e. The number of nitrogens with one attached hydrogen (secondary N) is 1. The predicted molar refractivity (Wildman–Crippen MR) is 89.6 cm³/mol. The molecule has 1 N–H and O–H groups in total. The maximum absolute atomic E-state index is 3.44.